The quantitative estimate of drug-likeness (QED) is 0.872. The molecule has 0 spiro atoms. The van der Waals surface area contributed by atoms with Crippen LogP contribution < -0.4 is 5.32 Å². The zero-order valence-electron chi connectivity index (χ0n) is 8.37. The summed E-state index contributed by atoms with van der Waals surface area (Å²) in [7, 11) is 0. The van der Waals surface area contributed by atoms with Crippen molar-refractivity contribution in [2.45, 2.75) is 18.4 Å². The lowest BCUT2D eigenvalue weighted by atomic mass is 10.2. The number of nitrogens with one attached hydrogen (secondary N) is 1. The van der Waals surface area contributed by atoms with Crippen LogP contribution in [0.5, 0.6) is 0 Å². The molecule has 0 atom stereocenters. The van der Waals surface area contributed by atoms with Gasteiger partial charge in [-0.05, 0) is 51.9 Å². The molecule has 82 valence electrons. The van der Waals surface area contributed by atoms with Gasteiger partial charge in [0.05, 0.1) is 9.86 Å². The number of hydrogen-bond acceptors (Lipinski definition) is 3. The van der Waals surface area contributed by atoms with Gasteiger partial charge in [0.1, 0.15) is 5.54 Å². The zero-order valence-corrected chi connectivity index (χ0v) is 10.8. The normalized spacial score (nSPS) is 17.0. The predicted molar refractivity (Wildman–Crippen MR) is 66.8 cm³/mol. The van der Waals surface area contributed by atoms with E-state index in [-0.39, 0.29) is 5.91 Å². The Hall–Kier alpha value is -1.12. The largest absolute Gasteiger partial charge is 0.334 e. The Kier molecular flexibility index (Phi) is 3.13. The standard InChI is InChI=1S/C11H9BrN2OS/c12-9-5-8(6-16-9)1-2-10(15)14-11(7-13)3-4-11/h1-2,5-6H,3-4H2,(H,14,15)/b2-1+. The van der Waals surface area contributed by atoms with Gasteiger partial charge in [0.15, 0.2) is 0 Å². The van der Waals surface area contributed by atoms with Crippen molar-refractivity contribution in [2.24, 2.45) is 0 Å². The van der Waals surface area contributed by atoms with Gasteiger partial charge < -0.3 is 5.32 Å². The van der Waals surface area contributed by atoms with Crippen molar-refractivity contribution in [3.8, 4) is 6.07 Å². The topological polar surface area (TPSA) is 52.9 Å². The van der Waals surface area contributed by atoms with E-state index in [0.29, 0.717) is 0 Å². The molecular weight excluding hydrogens is 288 g/mol. The second kappa shape index (κ2) is 4.40. The van der Waals surface area contributed by atoms with Crippen molar-refractivity contribution < 1.29 is 4.79 Å². The van der Waals surface area contributed by atoms with Gasteiger partial charge in [-0.25, -0.2) is 0 Å². The van der Waals surface area contributed by atoms with Crippen LogP contribution in [-0.4, -0.2) is 11.4 Å². The van der Waals surface area contributed by atoms with Crippen LogP contribution in [0.15, 0.2) is 21.3 Å². The van der Waals surface area contributed by atoms with Crippen LogP contribution in [-0.2, 0) is 4.79 Å². The van der Waals surface area contributed by atoms with Crippen LogP contribution >= 0.6 is 27.3 Å². The Morgan fingerprint density at radius 2 is 2.44 bits per heavy atom. The number of carbonyl (C=O) groups is 1. The van der Waals surface area contributed by atoms with E-state index in [0.717, 1.165) is 22.2 Å². The Balaban J connectivity index is 1.93. The molecule has 0 bridgehead atoms. The number of thiophene rings is 1. The van der Waals surface area contributed by atoms with E-state index in [1.165, 1.54) is 6.08 Å². The fraction of sp³-hybridized carbons (Fsp3) is 0.273. The molecule has 1 amide bonds. The molecule has 0 radical (unpaired) electrons. The van der Waals surface area contributed by atoms with Crippen molar-refractivity contribution in [3.05, 3.63) is 26.9 Å². The van der Waals surface area contributed by atoms with Gasteiger partial charge in [0.25, 0.3) is 0 Å². The third-order valence-electron chi connectivity index (χ3n) is 2.34. The molecule has 1 aliphatic carbocycles. The van der Waals surface area contributed by atoms with Crippen molar-refractivity contribution in [1.29, 1.82) is 5.26 Å². The zero-order chi connectivity index (χ0) is 11.6. The highest BCUT2D eigenvalue weighted by atomic mass is 79.9. The summed E-state index contributed by atoms with van der Waals surface area (Å²) >= 11 is 4.92. The third kappa shape index (κ3) is 2.71. The number of nitriles is 1. The first kappa shape index (κ1) is 11.4. The average Bonchev–Trinajstić information content (AvgIpc) is 2.91. The fourth-order valence-electron chi connectivity index (χ4n) is 1.25. The second-order valence-corrected chi connectivity index (χ2v) is 5.99. The van der Waals surface area contributed by atoms with Gasteiger partial charge in [-0.15, -0.1) is 11.3 Å². The maximum Gasteiger partial charge on any atom is 0.245 e. The lowest BCUT2D eigenvalue weighted by Gasteiger charge is -2.04. The highest BCUT2D eigenvalue weighted by Crippen LogP contribution is 2.34. The molecule has 5 heteroatoms. The molecule has 0 aliphatic heterocycles. The molecular formula is C11H9BrN2OS. The van der Waals surface area contributed by atoms with E-state index in [1.54, 1.807) is 17.4 Å². The summed E-state index contributed by atoms with van der Waals surface area (Å²) in [5, 5.41) is 13.4. The summed E-state index contributed by atoms with van der Waals surface area (Å²) in [6.07, 6.45) is 4.72. The second-order valence-electron chi connectivity index (χ2n) is 3.70. The number of halogens is 1. The van der Waals surface area contributed by atoms with Gasteiger partial charge in [-0.3, -0.25) is 4.79 Å². The maximum absolute atomic E-state index is 11.5. The van der Waals surface area contributed by atoms with Gasteiger partial charge in [-0.2, -0.15) is 5.26 Å². The minimum atomic E-state index is -0.587. The Labute approximate surface area is 106 Å². The molecule has 0 unspecified atom stereocenters. The highest BCUT2D eigenvalue weighted by molar-refractivity contribution is 9.11. The first-order valence-electron chi connectivity index (χ1n) is 4.79. The lowest BCUT2D eigenvalue weighted by Crippen LogP contribution is -2.34. The van der Waals surface area contributed by atoms with Crippen LogP contribution in [0.3, 0.4) is 0 Å². The number of carbonyl (C=O) groups excluding carboxylic acids is 1. The number of hydrogen-bond donors (Lipinski definition) is 1. The molecule has 2 rings (SSSR count). The molecule has 3 nitrogen and oxygen atoms in total. The number of rotatable bonds is 3. The van der Waals surface area contributed by atoms with Crippen molar-refractivity contribution >= 4 is 39.2 Å². The summed E-state index contributed by atoms with van der Waals surface area (Å²) in [5.41, 5.74) is 0.394. The summed E-state index contributed by atoms with van der Waals surface area (Å²) < 4.78 is 1.03. The summed E-state index contributed by atoms with van der Waals surface area (Å²) in [6.45, 7) is 0. The average molecular weight is 297 g/mol. The molecule has 0 saturated heterocycles. The molecule has 1 aromatic heterocycles. The maximum atomic E-state index is 11.5. The minimum absolute atomic E-state index is 0.207. The summed E-state index contributed by atoms with van der Waals surface area (Å²) in [4.78, 5) is 11.5. The van der Waals surface area contributed by atoms with Crippen molar-refractivity contribution in [3.63, 3.8) is 0 Å². The van der Waals surface area contributed by atoms with E-state index in [4.69, 9.17) is 5.26 Å². The predicted octanol–water partition coefficient (Wildman–Crippen LogP) is 2.70. The summed E-state index contributed by atoms with van der Waals surface area (Å²) in [5.74, 6) is -0.207. The molecule has 0 aromatic carbocycles. The third-order valence-corrected chi connectivity index (χ3v) is 3.86. The van der Waals surface area contributed by atoms with Crippen LogP contribution in [0.25, 0.3) is 6.08 Å². The molecule has 16 heavy (non-hydrogen) atoms. The number of amides is 1. The molecule has 1 aromatic rings. The van der Waals surface area contributed by atoms with Crippen molar-refractivity contribution in [1.82, 2.24) is 5.32 Å². The molecule has 1 N–H and O–H groups in total. The van der Waals surface area contributed by atoms with Gasteiger partial charge in [0, 0.05) is 6.08 Å². The number of nitrogens with zero attached hydrogens (tertiary/aromatic N) is 1. The SMILES string of the molecule is N#CC1(NC(=O)/C=C/c2csc(Br)c2)CC1. The fourth-order valence-corrected chi connectivity index (χ4v) is 2.39. The van der Waals surface area contributed by atoms with E-state index in [9.17, 15) is 4.79 Å². The van der Waals surface area contributed by atoms with E-state index in [2.05, 4.69) is 27.3 Å². The lowest BCUT2D eigenvalue weighted by molar-refractivity contribution is -0.117. The minimum Gasteiger partial charge on any atom is -0.334 e. The summed E-state index contributed by atoms with van der Waals surface area (Å²) in [6, 6.07) is 4.05. The van der Waals surface area contributed by atoms with Crippen molar-refractivity contribution in [2.75, 3.05) is 0 Å². The molecule has 1 heterocycles. The molecule has 1 aliphatic rings. The Morgan fingerprint density at radius 1 is 1.69 bits per heavy atom. The van der Waals surface area contributed by atoms with Crippen LogP contribution in [0.1, 0.15) is 18.4 Å². The first-order valence-corrected chi connectivity index (χ1v) is 6.46. The molecule has 1 saturated carbocycles. The Morgan fingerprint density at radius 3 is 2.94 bits per heavy atom. The monoisotopic (exact) mass is 296 g/mol. The van der Waals surface area contributed by atoms with Gasteiger partial charge >= 0.3 is 0 Å². The van der Waals surface area contributed by atoms with E-state index >= 15 is 0 Å². The van der Waals surface area contributed by atoms with Crippen LogP contribution in [0.2, 0.25) is 0 Å². The first-order chi connectivity index (χ1) is 7.63. The Bertz CT molecular complexity index is 482. The smallest absolute Gasteiger partial charge is 0.245 e. The van der Waals surface area contributed by atoms with E-state index < -0.39 is 5.54 Å². The molecule has 1 fully saturated rings. The highest BCUT2D eigenvalue weighted by Gasteiger charge is 2.44. The van der Waals surface area contributed by atoms with Gasteiger partial charge in [0.2, 0.25) is 5.91 Å². The van der Waals surface area contributed by atoms with Crippen LogP contribution in [0.4, 0.5) is 0 Å². The van der Waals surface area contributed by atoms with E-state index in [1.807, 2.05) is 11.4 Å². The van der Waals surface area contributed by atoms with Crippen LogP contribution in [0, 0.1) is 11.3 Å². The van der Waals surface area contributed by atoms with Gasteiger partial charge in [-0.1, -0.05) is 0 Å².